The number of H-pyrrole nitrogens is 2. The molecular formula is C35H36N4O3. The summed E-state index contributed by atoms with van der Waals surface area (Å²) in [7, 11) is 3.29. The van der Waals surface area contributed by atoms with Gasteiger partial charge in [0.1, 0.15) is 5.75 Å². The van der Waals surface area contributed by atoms with Crippen LogP contribution in [0.3, 0.4) is 0 Å². The minimum absolute atomic E-state index is 0.0454. The molecule has 2 aliphatic heterocycles. The average molecular weight is 561 g/mol. The number of phenols is 1. The number of aromatic nitrogens is 2. The first-order valence-electron chi connectivity index (χ1n) is 14.7. The molecule has 42 heavy (non-hydrogen) atoms. The van der Waals surface area contributed by atoms with E-state index in [9.17, 15) is 5.11 Å². The molecule has 0 fully saturated rings. The number of hydrogen-bond donors (Lipinski definition) is 3. The summed E-state index contributed by atoms with van der Waals surface area (Å²) in [4.78, 5) is 17.5. The Morgan fingerprint density at radius 3 is 2.00 bits per heavy atom. The first kappa shape index (κ1) is 26.4. The number of methoxy groups -OCH3 is 2. The van der Waals surface area contributed by atoms with E-state index in [0.717, 1.165) is 84.0 Å². The summed E-state index contributed by atoms with van der Waals surface area (Å²) in [5.74, 6) is 1.56. The minimum Gasteiger partial charge on any atom is -0.504 e. The Kier molecular flexibility index (Phi) is 6.53. The number of rotatable bonds is 7. The molecule has 0 spiro atoms. The van der Waals surface area contributed by atoms with Crippen molar-refractivity contribution in [3.05, 3.63) is 87.7 Å². The number of hydrogen-bond acceptors (Lipinski definition) is 5. The van der Waals surface area contributed by atoms with E-state index in [0.29, 0.717) is 5.75 Å². The quantitative estimate of drug-likeness (QED) is 0.201. The number of benzene rings is 3. The second-order valence-corrected chi connectivity index (χ2v) is 11.6. The van der Waals surface area contributed by atoms with Gasteiger partial charge in [0.15, 0.2) is 11.5 Å². The molecular weight excluding hydrogens is 524 g/mol. The van der Waals surface area contributed by atoms with Crippen molar-refractivity contribution in [1.82, 2.24) is 9.97 Å². The topological polar surface area (TPSA) is 95.0 Å². The van der Waals surface area contributed by atoms with Crippen molar-refractivity contribution in [3.63, 3.8) is 0 Å². The smallest absolute Gasteiger partial charge is 0.163 e. The maximum atomic E-state index is 10.9. The van der Waals surface area contributed by atoms with E-state index in [4.69, 9.17) is 19.5 Å². The van der Waals surface area contributed by atoms with Crippen molar-refractivity contribution >= 4 is 33.2 Å². The Hall–Kier alpha value is -4.52. The van der Waals surface area contributed by atoms with Crippen molar-refractivity contribution in [3.8, 4) is 17.2 Å². The zero-order chi connectivity index (χ0) is 29.0. The van der Waals surface area contributed by atoms with Gasteiger partial charge in [0.05, 0.1) is 37.0 Å². The Labute approximate surface area is 245 Å². The lowest BCUT2D eigenvalue weighted by atomic mass is 9.84. The van der Waals surface area contributed by atoms with Gasteiger partial charge in [-0.3, -0.25) is 9.98 Å². The molecule has 3 aromatic carbocycles. The van der Waals surface area contributed by atoms with Gasteiger partial charge in [0.2, 0.25) is 0 Å². The lowest BCUT2D eigenvalue weighted by Crippen LogP contribution is -2.20. The molecule has 0 saturated heterocycles. The normalized spacial score (nSPS) is 15.2. The van der Waals surface area contributed by atoms with Crippen LogP contribution in [-0.2, 0) is 12.8 Å². The molecule has 0 aliphatic carbocycles. The summed E-state index contributed by atoms with van der Waals surface area (Å²) in [6.07, 6.45) is 3.29. The number of aryl methyl sites for hydroxylation is 2. The van der Waals surface area contributed by atoms with Gasteiger partial charge in [-0.15, -0.1) is 0 Å². The first-order valence-corrected chi connectivity index (χ1v) is 14.7. The van der Waals surface area contributed by atoms with Crippen molar-refractivity contribution in [1.29, 1.82) is 0 Å². The van der Waals surface area contributed by atoms with Crippen LogP contribution >= 0.6 is 0 Å². The zero-order valence-corrected chi connectivity index (χ0v) is 24.6. The fraction of sp³-hybridized carbons (Fsp3) is 0.314. The summed E-state index contributed by atoms with van der Waals surface area (Å²) in [5.41, 5.74) is 12.5. The van der Waals surface area contributed by atoms with Crippen molar-refractivity contribution in [2.24, 2.45) is 9.98 Å². The van der Waals surface area contributed by atoms with E-state index in [1.54, 1.807) is 14.2 Å². The van der Waals surface area contributed by atoms with E-state index in [1.807, 2.05) is 19.1 Å². The molecule has 7 nitrogen and oxygen atoms in total. The van der Waals surface area contributed by atoms with Crippen LogP contribution in [0.15, 0.2) is 58.5 Å². The third kappa shape index (κ3) is 4.44. The van der Waals surface area contributed by atoms with E-state index < -0.39 is 0 Å². The molecule has 3 N–H and O–H groups in total. The molecule has 0 bridgehead atoms. The Balaban J connectivity index is 1.30. The summed E-state index contributed by atoms with van der Waals surface area (Å²) < 4.78 is 11.0. The molecule has 0 amide bonds. The third-order valence-electron chi connectivity index (χ3n) is 8.91. The average Bonchev–Trinajstić information content (AvgIpc) is 3.55. The monoisotopic (exact) mass is 560 g/mol. The van der Waals surface area contributed by atoms with Gasteiger partial charge in [-0.25, -0.2) is 0 Å². The molecule has 4 heterocycles. The summed E-state index contributed by atoms with van der Waals surface area (Å²) in [5, 5.41) is 13.4. The highest BCUT2D eigenvalue weighted by Gasteiger charge is 2.28. The Morgan fingerprint density at radius 1 is 0.786 bits per heavy atom. The number of nitrogens with one attached hydrogen (secondary N) is 2. The van der Waals surface area contributed by atoms with Crippen LogP contribution < -0.4 is 9.47 Å². The predicted octanol–water partition coefficient (Wildman–Crippen LogP) is 6.94. The lowest BCUT2D eigenvalue weighted by Gasteiger charge is -2.24. The largest absolute Gasteiger partial charge is 0.504 e. The summed E-state index contributed by atoms with van der Waals surface area (Å²) in [6, 6.07) is 16.9. The van der Waals surface area contributed by atoms with Crippen LogP contribution in [0.1, 0.15) is 58.0 Å². The Bertz CT molecular complexity index is 1890. The summed E-state index contributed by atoms with van der Waals surface area (Å²) in [6.45, 7) is 5.64. The van der Waals surface area contributed by atoms with Crippen LogP contribution in [0.2, 0.25) is 0 Å². The number of aliphatic imine (C=N–C) groups is 2. The molecule has 5 aromatic rings. The van der Waals surface area contributed by atoms with Crippen molar-refractivity contribution in [2.75, 3.05) is 27.3 Å². The second-order valence-electron chi connectivity index (χ2n) is 11.6. The predicted molar refractivity (Wildman–Crippen MR) is 169 cm³/mol. The maximum absolute atomic E-state index is 10.9. The summed E-state index contributed by atoms with van der Waals surface area (Å²) >= 11 is 0. The van der Waals surface area contributed by atoms with Crippen LogP contribution in [0.25, 0.3) is 21.8 Å². The van der Waals surface area contributed by atoms with Gasteiger partial charge >= 0.3 is 0 Å². The van der Waals surface area contributed by atoms with Gasteiger partial charge < -0.3 is 24.5 Å². The molecule has 7 heteroatoms. The highest BCUT2D eigenvalue weighted by atomic mass is 16.5. The number of aromatic amines is 2. The molecule has 2 aliphatic rings. The molecule has 1 atom stereocenters. The molecule has 1 unspecified atom stereocenters. The zero-order valence-electron chi connectivity index (χ0n) is 24.6. The second kappa shape index (κ2) is 10.4. The fourth-order valence-electron chi connectivity index (χ4n) is 6.90. The lowest BCUT2D eigenvalue weighted by molar-refractivity contribution is 0.370. The maximum Gasteiger partial charge on any atom is 0.163 e. The van der Waals surface area contributed by atoms with Gasteiger partial charge in [-0.1, -0.05) is 18.2 Å². The van der Waals surface area contributed by atoms with Crippen LogP contribution in [0.4, 0.5) is 0 Å². The standard InChI is InChI=1S/C35H36N4O3/c1-19-5-7-24-26-9-11-36-30(33(26)38-28(24)13-19)15-22(21-14-20(2)35(42-4)32(40)17-21)16-31-34-27(10-12-37-31)25-8-6-23(41-3)18-29(25)39-34/h5-8,13-14,17-18,22,38-40H,9-12,15-16H2,1-4H3. The number of phenolic OH excluding ortho intramolecular Hbond substituents is 1. The van der Waals surface area contributed by atoms with Crippen LogP contribution in [-0.4, -0.2) is 53.8 Å². The highest BCUT2D eigenvalue weighted by Crippen LogP contribution is 2.39. The van der Waals surface area contributed by atoms with Gasteiger partial charge in [-0.2, -0.15) is 0 Å². The number of fused-ring (bicyclic) bond motifs is 6. The molecule has 214 valence electrons. The Morgan fingerprint density at radius 2 is 1.40 bits per heavy atom. The number of aromatic hydroxyl groups is 1. The van der Waals surface area contributed by atoms with Crippen LogP contribution in [0, 0.1) is 13.8 Å². The first-order chi connectivity index (χ1) is 20.4. The van der Waals surface area contributed by atoms with E-state index in [2.05, 4.69) is 53.3 Å². The van der Waals surface area contributed by atoms with Crippen LogP contribution in [0.5, 0.6) is 17.2 Å². The van der Waals surface area contributed by atoms with E-state index >= 15 is 0 Å². The van der Waals surface area contributed by atoms with E-state index in [-0.39, 0.29) is 11.7 Å². The molecule has 2 aromatic heterocycles. The SMILES string of the molecule is COc1ccc2c3c([nH]c2c1)C(CC(CC1=NCCc2c1[nH]c1cc(C)ccc21)c1cc(C)c(OC)c(O)c1)=NCC3. The highest BCUT2D eigenvalue weighted by molar-refractivity contribution is 6.09. The fourth-order valence-corrected chi connectivity index (χ4v) is 6.90. The molecule has 0 saturated carbocycles. The third-order valence-corrected chi connectivity index (χ3v) is 8.91. The minimum atomic E-state index is 0.0454. The van der Waals surface area contributed by atoms with Gasteiger partial charge in [-0.05, 0) is 97.5 Å². The van der Waals surface area contributed by atoms with E-state index in [1.165, 1.54) is 33.0 Å². The van der Waals surface area contributed by atoms with Gasteiger partial charge in [0, 0.05) is 41.0 Å². The molecule has 0 radical (unpaired) electrons. The number of nitrogens with zero attached hydrogens (tertiary/aromatic N) is 2. The van der Waals surface area contributed by atoms with Gasteiger partial charge in [0.25, 0.3) is 0 Å². The molecule has 7 rings (SSSR count). The van der Waals surface area contributed by atoms with Crippen molar-refractivity contribution < 1.29 is 14.6 Å². The number of ether oxygens (including phenoxy) is 2. The van der Waals surface area contributed by atoms with Crippen molar-refractivity contribution in [2.45, 2.75) is 45.4 Å².